The predicted octanol–water partition coefficient (Wildman–Crippen LogP) is 3.59. The summed E-state index contributed by atoms with van der Waals surface area (Å²) in [5, 5.41) is 0. The average Bonchev–Trinajstić information content (AvgIpc) is 2.29. The van der Waals surface area contributed by atoms with E-state index in [1.807, 2.05) is 19.1 Å². The molecule has 0 fully saturated rings. The smallest absolute Gasteiger partial charge is 0.338 e. The molecule has 1 aromatic rings. The van der Waals surface area contributed by atoms with Crippen molar-refractivity contribution in [3.8, 4) is 0 Å². The molecule has 1 unspecified atom stereocenters. The summed E-state index contributed by atoms with van der Waals surface area (Å²) in [6, 6.07) is 7.46. The lowest BCUT2D eigenvalue weighted by molar-refractivity contribution is 0.0485. The predicted molar refractivity (Wildman–Crippen MR) is 65.5 cm³/mol. The Morgan fingerprint density at radius 1 is 1.31 bits per heavy atom. The van der Waals surface area contributed by atoms with Gasteiger partial charge >= 0.3 is 5.97 Å². The van der Waals surface area contributed by atoms with E-state index in [9.17, 15) is 4.79 Å². The molecule has 2 heteroatoms. The number of ether oxygens (including phenoxy) is 1. The zero-order valence-corrected chi connectivity index (χ0v) is 10.3. The Morgan fingerprint density at radius 2 is 1.94 bits per heavy atom. The SMILES string of the molecule is CCC(C)CCOC(=O)c1ccc(C)cc1. The molecule has 0 heterocycles. The molecule has 1 rings (SSSR count). The summed E-state index contributed by atoms with van der Waals surface area (Å²) in [6.07, 6.45) is 2.07. The summed E-state index contributed by atoms with van der Waals surface area (Å²) in [6.45, 7) is 6.83. The van der Waals surface area contributed by atoms with Gasteiger partial charge in [0.25, 0.3) is 0 Å². The zero-order valence-electron chi connectivity index (χ0n) is 10.3. The summed E-state index contributed by atoms with van der Waals surface area (Å²) in [7, 11) is 0. The van der Waals surface area contributed by atoms with Crippen LogP contribution >= 0.6 is 0 Å². The lowest BCUT2D eigenvalue weighted by Gasteiger charge is -2.09. The zero-order chi connectivity index (χ0) is 12.0. The van der Waals surface area contributed by atoms with Crippen LogP contribution in [-0.4, -0.2) is 12.6 Å². The first kappa shape index (κ1) is 12.8. The summed E-state index contributed by atoms with van der Waals surface area (Å²) in [5.41, 5.74) is 1.78. The van der Waals surface area contributed by atoms with E-state index in [2.05, 4.69) is 13.8 Å². The van der Waals surface area contributed by atoms with Crippen molar-refractivity contribution in [2.75, 3.05) is 6.61 Å². The van der Waals surface area contributed by atoms with E-state index in [0.29, 0.717) is 18.1 Å². The number of benzene rings is 1. The van der Waals surface area contributed by atoms with Gasteiger partial charge in [0.2, 0.25) is 0 Å². The highest BCUT2D eigenvalue weighted by atomic mass is 16.5. The standard InChI is InChI=1S/C14H20O2/c1-4-11(2)9-10-16-14(15)13-7-5-12(3)6-8-13/h5-8,11H,4,9-10H2,1-3H3. The van der Waals surface area contributed by atoms with E-state index in [1.165, 1.54) is 0 Å². The number of aryl methyl sites for hydroxylation is 1. The molecule has 0 N–H and O–H groups in total. The van der Waals surface area contributed by atoms with E-state index < -0.39 is 0 Å². The quantitative estimate of drug-likeness (QED) is 0.709. The maximum Gasteiger partial charge on any atom is 0.338 e. The topological polar surface area (TPSA) is 26.3 Å². The van der Waals surface area contributed by atoms with Gasteiger partial charge in [-0.05, 0) is 31.4 Å². The Labute approximate surface area is 97.6 Å². The second-order valence-corrected chi connectivity index (χ2v) is 4.30. The molecule has 0 saturated heterocycles. The van der Waals surface area contributed by atoms with Crippen molar-refractivity contribution in [1.82, 2.24) is 0 Å². The fourth-order valence-corrected chi connectivity index (χ4v) is 1.33. The molecule has 2 nitrogen and oxygen atoms in total. The first-order valence-corrected chi connectivity index (χ1v) is 5.87. The van der Waals surface area contributed by atoms with Crippen molar-refractivity contribution in [3.05, 3.63) is 35.4 Å². The summed E-state index contributed by atoms with van der Waals surface area (Å²) in [4.78, 5) is 11.6. The van der Waals surface area contributed by atoms with E-state index in [-0.39, 0.29) is 5.97 Å². The summed E-state index contributed by atoms with van der Waals surface area (Å²) in [5.74, 6) is 0.397. The Morgan fingerprint density at radius 3 is 2.50 bits per heavy atom. The van der Waals surface area contributed by atoms with Crippen molar-refractivity contribution in [1.29, 1.82) is 0 Å². The van der Waals surface area contributed by atoms with E-state index >= 15 is 0 Å². The number of hydrogen-bond donors (Lipinski definition) is 0. The first-order valence-electron chi connectivity index (χ1n) is 5.87. The van der Waals surface area contributed by atoms with Crippen LogP contribution in [0.5, 0.6) is 0 Å². The van der Waals surface area contributed by atoms with E-state index in [4.69, 9.17) is 4.74 Å². The number of carbonyl (C=O) groups is 1. The molecule has 0 aliphatic rings. The monoisotopic (exact) mass is 220 g/mol. The van der Waals surface area contributed by atoms with Crippen molar-refractivity contribution >= 4 is 5.97 Å². The van der Waals surface area contributed by atoms with Gasteiger partial charge in [-0.25, -0.2) is 4.79 Å². The maximum atomic E-state index is 11.6. The highest BCUT2D eigenvalue weighted by molar-refractivity contribution is 5.89. The normalized spacial score (nSPS) is 12.2. The lowest BCUT2D eigenvalue weighted by Crippen LogP contribution is -2.08. The Bertz CT molecular complexity index is 327. The molecule has 0 saturated carbocycles. The lowest BCUT2D eigenvalue weighted by atomic mass is 10.1. The third kappa shape index (κ3) is 4.05. The van der Waals surface area contributed by atoms with Crippen LogP contribution in [0.2, 0.25) is 0 Å². The fourth-order valence-electron chi connectivity index (χ4n) is 1.33. The molecular weight excluding hydrogens is 200 g/mol. The number of carbonyl (C=O) groups excluding carboxylic acids is 1. The molecule has 1 atom stereocenters. The van der Waals surface area contributed by atoms with Gasteiger partial charge in [-0.2, -0.15) is 0 Å². The largest absolute Gasteiger partial charge is 0.462 e. The fraction of sp³-hybridized carbons (Fsp3) is 0.500. The molecular formula is C14H20O2. The van der Waals surface area contributed by atoms with Crippen LogP contribution in [-0.2, 0) is 4.74 Å². The molecule has 0 aliphatic heterocycles. The van der Waals surface area contributed by atoms with Crippen molar-refractivity contribution in [3.63, 3.8) is 0 Å². The highest BCUT2D eigenvalue weighted by Gasteiger charge is 2.07. The molecule has 16 heavy (non-hydrogen) atoms. The van der Waals surface area contributed by atoms with Gasteiger partial charge in [-0.15, -0.1) is 0 Å². The van der Waals surface area contributed by atoms with Crippen LogP contribution in [0.25, 0.3) is 0 Å². The Hall–Kier alpha value is -1.31. The molecule has 1 aromatic carbocycles. The van der Waals surface area contributed by atoms with Crippen LogP contribution in [0, 0.1) is 12.8 Å². The number of hydrogen-bond acceptors (Lipinski definition) is 2. The summed E-state index contributed by atoms with van der Waals surface area (Å²) < 4.78 is 5.20. The van der Waals surface area contributed by atoms with Crippen molar-refractivity contribution < 1.29 is 9.53 Å². The second-order valence-electron chi connectivity index (χ2n) is 4.30. The number of rotatable bonds is 5. The van der Waals surface area contributed by atoms with Gasteiger partial charge in [0, 0.05) is 0 Å². The molecule has 0 aromatic heterocycles. The van der Waals surface area contributed by atoms with Gasteiger partial charge in [-0.3, -0.25) is 0 Å². The minimum absolute atomic E-state index is 0.219. The minimum Gasteiger partial charge on any atom is -0.462 e. The van der Waals surface area contributed by atoms with Crippen molar-refractivity contribution in [2.45, 2.75) is 33.6 Å². The second kappa shape index (κ2) is 6.31. The Kier molecular flexibility index (Phi) is 5.03. The third-order valence-corrected chi connectivity index (χ3v) is 2.83. The van der Waals surface area contributed by atoms with Crippen LogP contribution in [0.4, 0.5) is 0 Å². The summed E-state index contributed by atoms with van der Waals surface area (Å²) >= 11 is 0. The molecule has 0 radical (unpaired) electrons. The third-order valence-electron chi connectivity index (χ3n) is 2.83. The number of esters is 1. The van der Waals surface area contributed by atoms with E-state index in [1.54, 1.807) is 12.1 Å². The molecule has 0 bridgehead atoms. The molecule has 0 amide bonds. The van der Waals surface area contributed by atoms with Gasteiger partial charge in [0.15, 0.2) is 0 Å². The molecule has 0 aliphatic carbocycles. The Balaban J connectivity index is 2.38. The highest BCUT2D eigenvalue weighted by Crippen LogP contribution is 2.08. The van der Waals surface area contributed by atoms with Gasteiger partial charge in [-0.1, -0.05) is 38.0 Å². The van der Waals surface area contributed by atoms with Crippen LogP contribution in [0.3, 0.4) is 0 Å². The first-order chi connectivity index (χ1) is 7.63. The molecule has 88 valence electrons. The van der Waals surface area contributed by atoms with E-state index in [0.717, 1.165) is 18.4 Å². The van der Waals surface area contributed by atoms with Crippen LogP contribution in [0.15, 0.2) is 24.3 Å². The van der Waals surface area contributed by atoms with Gasteiger partial charge < -0.3 is 4.74 Å². The van der Waals surface area contributed by atoms with Crippen molar-refractivity contribution in [2.24, 2.45) is 5.92 Å². The van der Waals surface area contributed by atoms with Gasteiger partial charge in [0.1, 0.15) is 0 Å². The van der Waals surface area contributed by atoms with Crippen LogP contribution < -0.4 is 0 Å². The van der Waals surface area contributed by atoms with Crippen LogP contribution in [0.1, 0.15) is 42.6 Å². The van der Waals surface area contributed by atoms with Gasteiger partial charge in [0.05, 0.1) is 12.2 Å². The minimum atomic E-state index is -0.219. The maximum absolute atomic E-state index is 11.6. The average molecular weight is 220 g/mol. The molecule has 0 spiro atoms.